The van der Waals surface area contributed by atoms with Crippen LogP contribution in [0.4, 0.5) is 0 Å². The summed E-state index contributed by atoms with van der Waals surface area (Å²) in [7, 11) is 1.75. The molecule has 3 nitrogen and oxygen atoms in total. The van der Waals surface area contributed by atoms with E-state index in [0.29, 0.717) is 23.5 Å². The second-order valence-corrected chi connectivity index (χ2v) is 9.18. The van der Waals surface area contributed by atoms with Crippen molar-refractivity contribution in [3.8, 4) is 0 Å². The maximum absolute atomic E-state index is 13.5. The zero-order valence-corrected chi connectivity index (χ0v) is 15.8. The third kappa shape index (κ3) is 1.91. The maximum Gasteiger partial charge on any atom is 0.172 e. The quantitative estimate of drug-likeness (QED) is 0.560. The first-order valence-electron chi connectivity index (χ1n) is 9.79. The van der Waals surface area contributed by atoms with Crippen LogP contribution in [-0.2, 0) is 14.3 Å². The number of ether oxygens (including phenoxy) is 1. The van der Waals surface area contributed by atoms with Gasteiger partial charge in [0, 0.05) is 12.5 Å². The predicted molar refractivity (Wildman–Crippen MR) is 97.0 cm³/mol. The molecule has 0 N–H and O–H groups in total. The molecule has 5 saturated carbocycles. The highest BCUT2D eigenvalue weighted by Gasteiger charge is 2.68. The number of allylic oxidation sites excluding steroid dienone is 2. The van der Waals surface area contributed by atoms with Crippen LogP contribution in [0.3, 0.4) is 0 Å². The molecule has 7 atom stereocenters. The minimum Gasteiger partial charge on any atom is -0.381 e. The van der Waals surface area contributed by atoms with E-state index in [1.165, 1.54) is 0 Å². The average molecular weight is 342 g/mol. The third-order valence-electron chi connectivity index (χ3n) is 8.51. The van der Waals surface area contributed by atoms with Crippen molar-refractivity contribution in [1.29, 1.82) is 0 Å². The van der Waals surface area contributed by atoms with Crippen molar-refractivity contribution >= 4 is 11.6 Å². The van der Waals surface area contributed by atoms with Crippen LogP contribution in [0, 0.1) is 34.5 Å². The summed E-state index contributed by atoms with van der Waals surface area (Å²) in [5.74, 6) is 1.04. The Morgan fingerprint density at radius 2 is 1.80 bits per heavy atom. The van der Waals surface area contributed by atoms with Gasteiger partial charge in [0.25, 0.3) is 0 Å². The first-order valence-corrected chi connectivity index (χ1v) is 9.79. The number of ketones is 2. The maximum atomic E-state index is 13.5. The third-order valence-corrected chi connectivity index (χ3v) is 8.51. The Labute approximate surface area is 150 Å². The van der Waals surface area contributed by atoms with Crippen molar-refractivity contribution in [3.05, 3.63) is 24.3 Å². The van der Waals surface area contributed by atoms with Crippen molar-refractivity contribution < 1.29 is 14.3 Å². The monoisotopic (exact) mass is 342 g/mol. The fourth-order valence-electron chi connectivity index (χ4n) is 6.98. The van der Waals surface area contributed by atoms with Gasteiger partial charge in [-0.15, -0.1) is 0 Å². The summed E-state index contributed by atoms with van der Waals surface area (Å²) in [6, 6.07) is 0. The summed E-state index contributed by atoms with van der Waals surface area (Å²) >= 11 is 0. The average Bonchev–Trinajstić information content (AvgIpc) is 2.62. The lowest BCUT2D eigenvalue weighted by Crippen LogP contribution is -2.64. The second kappa shape index (κ2) is 5.39. The number of Topliss-reactive ketones (excluding diaryl/α,β-unsaturated/α-hetero) is 2. The molecular weight excluding hydrogens is 312 g/mol. The van der Waals surface area contributed by atoms with E-state index in [2.05, 4.69) is 27.0 Å². The van der Waals surface area contributed by atoms with Crippen molar-refractivity contribution in [2.24, 2.45) is 34.5 Å². The molecule has 0 aromatic rings. The molecule has 5 rings (SSSR count). The van der Waals surface area contributed by atoms with Crippen LogP contribution < -0.4 is 0 Å². The molecule has 3 heteroatoms. The molecule has 0 heterocycles. The lowest BCUT2D eigenvalue weighted by atomic mass is 9.39. The van der Waals surface area contributed by atoms with E-state index in [1.807, 2.05) is 0 Å². The summed E-state index contributed by atoms with van der Waals surface area (Å²) in [5.41, 5.74) is 0.473. The van der Waals surface area contributed by atoms with Gasteiger partial charge in [0.05, 0.1) is 11.5 Å². The van der Waals surface area contributed by atoms with E-state index in [-0.39, 0.29) is 40.8 Å². The van der Waals surface area contributed by atoms with Gasteiger partial charge in [-0.1, -0.05) is 26.5 Å². The Morgan fingerprint density at radius 3 is 2.48 bits per heavy atom. The van der Waals surface area contributed by atoms with Crippen molar-refractivity contribution in [1.82, 2.24) is 0 Å². The lowest BCUT2D eigenvalue weighted by Gasteiger charge is -2.62. The minimum atomic E-state index is -0.835. The van der Waals surface area contributed by atoms with Crippen molar-refractivity contribution in [2.45, 2.75) is 58.5 Å². The van der Waals surface area contributed by atoms with Crippen LogP contribution in [0.1, 0.15) is 52.4 Å². The SMILES string of the molecule is C=C1C(=O)[C@@]23CC[C@@H](CC2C2CCC[C@@](C)([C@H](C)OC)C12)C(=C)C3=O. The summed E-state index contributed by atoms with van der Waals surface area (Å²) in [6.45, 7) is 12.7. The first-order chi connectivity index (χ1) is 11.8. The standard InChI is InChI=1S/C22H30O3/c1-12-15-8-10-22(19(12)23)17(11-15)16-7-6-9-21(4,14(3)25-5)18(16)13(2)20(22)24/h14-18H,1-2,6-11H2,3-5H3/t14-,15-,16?,17?,18?,21-,22-/m0/s1. The molecule has 5 fully saturated rings. The molecule has 25 heavy (non-hydrogen) atoms. The summed E-state index contributed by atoms with van der Waals surface area (Å²) in [4.78, 5) is 26.7. The Morgan fingerprint density at radius 1 is 1.12 bits per heavy atom. The normalized spacial score (nSPS) is 47.5. The van der Waals surface area contributed by atoms with Gasteiger partial charge < -0.3 is 4.74 Å². The largest absolute Gasteiger partial charge is 0.381 e. The smallest absolute Gasteiger partial charge is 0.172 e. The summed E-state index contributed by atoms with van der Waals surface area (Å²) in [6.07, 6.45) is 5.97. The molecule has 0 amide bonds. The molecule has 136 valence electrons. The molecule has 0 radical (unpaired) electrons. The molecule has 3 unspecified atom stereocenters. The zero-order valence-electron chi connectivity index (χ0n) is 15.8. The van der Waals surface area contributed by atoms with Crippen LogP contribution in [0.2, 0.25) is 0 Å². The molecule has 0 aromatic carbocycles. The van der Waals surface area contributed by atoms with E-state index < -0.39 is 5.41 Å². The van der Waals surface area contributed by atoms with Crippen LogP contribution >= 0.6 is 0 Å². The number of carbonyl (C=O) groups excluding carboxylic acids is 2. The minimum absolute atomic E-state index is 0.0273. The van der Waals surface area contributed by atoms with E-state index in [1.54, 1.807) is 7.11 Å². The van der Waals surface area contributed by atoms with E-state index >= 15 is 0 Å². The molecular formula is C22H30O3. The Hall–Kier alpha value is -1.22. The molecule has 1 spiro atoms. The highest BCUT2D eigenvalue weighted by Crippen LogP contribution is 2.66. The fraction of sp³-hybridized carbons (Fsp3) is 0.727. The zero-order chi connectivity index (χ0) is 18.1. The molecule has 5 aliphatic carbocycles. The lowest BCUT2D eigenvalue weighted by molar-refractivity contribution is -0.165. The summed E-state index contributed by atoms with van der Waals surface area (Å²) < 4.78 is 5.73. The van der Waals surface area contributed by atoms with Crippen molar-refractivity contribution in [3.63, 3.8) is 0 Å². The Balaban J connectivity index is 1.83. The Kier molecular flexibility index (Phi) is 3.71. The van der Waals surface area contributed by atoms with E-state index in [9.17, 15) is 9.59 Å². The molecule has 2 bridgehead atoms. The molecule has 0 saturated heterocycles. The topological polar surface area (TPSA) is 43.4 Å². The fourth-order valence-corrected chi connectivity index (χ4v) is 6.98. The predicted octanol–water partition coefficient (Wildman–Crippen LogP) is 4.12. The van der Waals surface area contributed by atoms with Crippen LogP contribution in [0.5, 0.6) is 0 Å². The van der Waals surface area contributed by atoms with Gasteiger partial charge >= 0.3 is 0 Å². The van der Waals surface area contributed by atoms with E-state index in [0.717, 1.165) is 32.1 Å². The summed E-state index contributed by atoms with van der Waals surface area (Å²) in [5, 5.41) is 0. The second-order valence-electron chi connectivity index (χ2n) is 9.18. The van der Waals surface area contributed by atoms with Gasteiger partial charge in [0.1, 0.15) is 0 Å². The molecule has 5 aliphatic rings. The van der Waals surface area contributed by atoms with Crippen LogP contribution in [0.25, 0.3) is 0 Å². The van der Waals surface area contributed by atoms with Gasteiger partial charge in [-0.3, -0.25) is 9.59 Å². The Bertz CT molecular complexity index is 677. The van der Waals surface area contributed by atoms with E-state index in [4.69, 9.17) is 4.74 Å². The van der Waals surface area contributed by atoms with Gasteiger partial charge in [0.2, 0.25) is 0 Å². The highest BCUT2D eigenvalue weighted by atomic mass is 16.5. The number of carbonyl (C=O) groups is 2. The number of fused-ring (bicyclic) bond motifs is 3. The van der Waals surface area contributed by atoms with Gasteiger partial charge in [-0.05, 0) is 73.8 Å². The van der Waals surface area contributed by atoms with Crippen LogP contribution in [-0.4, -0.2) is 24.8 Å². The van der Waals surface area contributed by atoms with Gasteiger partial charge in [0.15, 0.2) is 11.6 Å². The highest BCUT2D eigenvalue weighted by molar-refractivity contribution is 6.21. The number of methoxy groups -OCH3 is 1. The van der Waals surface area contributed by atoms with Gasteiger partial charge in [-0.25, -0.2) is 0 Å². The van der Waals surface area contributed by atoms with Gasteiger partial charge in [-0.2, -0.15) is 0 Å². The van der Waals surface area contributed by atoms with Crippen molar-refractivity contribution in [2.75, 3.05) is 7.11 Å². The first kappa shape index (κ1) is 17.2. The molecule has 0 aromatic heterocycles. The van der Waals surface area contributed by atoms with Crippen LogP contribution in [0.15, 0.2) is 24.3 Å². The number of hydrogen-bond donors (Lipinski definition) is 0. The number of hydrogen-bond acceptors (Lipinski definition) is 3. The number of rotatable bonds is 2. The molecule has 0 aliphatic heterocycles.